The number of aryl methyl sites for hydroxylation is 1. The summed E-state index contributed by atoms with van der Waals surface area (Å²) in [7, 11) is 0. The van der Waals surface area contributed by atoms with Gasteiger partial charge in [0.25, 0.3) is 5.91 Å². The van der Waals surface area contributed by atoms with E-state index in [-0.39, 0.29) is 18.1 Å². The van der Waals surface area contributed by atoms with Crippen LogP contribution in [-0.4, -0.2) is 23.2 Å². The maximum absolute atomic E-state index is 11.8. The molecule has 16 heavy (non-hydrogen) atoms. The molecule has 1 aromatic carbocycles. The van der Waals surface area contributed by atoms with Crippen molar-refractivity contribution >= 4 is 11.6 Å². The smallest absolute Gasteiger partial charge is 0.251 e. The van der Waals surface area contributed by atoms with E-state index in [4.69, 9.17) is 10.8 Å². The van der Waals surface area contributed by atoms with Crippen molar-refractivity contribution in [2.24, 2.45) is 0 Å². The number of rotatable bonds is 2. The van der Waals surface area contributed by atoms with E-state index >= 15 is 0 Å². The van der Waals surface area contributed by atoms with Gasteiger partial charge < -0.3 is 16.2 Å². The van der Waals surface area contributed by atoms with E-state index < -0.39 is 0 Å². The Morgan fingerprint density at radius 2 is 2.19 bits per heavy atom. The van der Waals surface area contributed by atoms with Crippen LogP contribution in [0.25, 0.3) is 0 Å². The number of amides is 1. The van der Waals surface area contributed by atoms with Gasteiger partial charge in [-0.25, -0.2) is 0 Å². The van der Waals surface area contributed by atoms with Crippen LogP contribution in [0.1, 0.15) is 28.8 Å². The van der Waals surface area contributed by atoms with Crippen molar-refractivity contribution < 1.29 is 9.90 Å². The molecule has 0 radical (unpaired) electrons. The number of anilines is 1. The third-order valence-electron chi connectivity index (χ3n) is 2.99. The van der Waals surface area contributed by atoms with Gasteiger partial charge in [0.1, 0.15) is 0 Å². The number of nitrogen functional groups attached to an aromatic ring is 1. The van der Waals surface area contributed by atoms with Crippen LogP contribution in [0.3, 0.4) is 0 Å². The standard InChI is InChI=1S/C12H16N2O2/c1-7-2-3-8(4-11(7)13)12(16)14-9-5-10(15)6-9/h2-4,9-10,15H,5-6,13H2,1H3,(H,14,16). The Kier molecular flexibility index (Phi) is 2.83. The number of benzene rings is 1. The number of hydrogen-bond acceptors (Lipinski definition) is 3. The Hall–Kier alpha value is -1.55. The highest BCUT2D eigenvalue weighted by atomic mass is 16.3. The van der Waals surface area contributed by atoms with E-state index in [1.165, 1.54) is 0 Å². The third-order valence-corrected chi connectivity index (χ3v) is 2.99. The monoisotopic (exact) mass is 220 g/mol. The number of hydrogen-bond donors (Lipinski definition) is 3. The van der Waals surface area contributed by atoms with Crippen LogP contribution in [0.2, 0.25) is 0 Å². The van der Waals surface area contributed by atoms with Gasteiger partial charge in [0.15, 0.2) is 0 Å². The summed E-state index contributed by atoms with van der Waals surface area (Å²) in [5, 5.41) is 12.0. The first-order valence-corrected chi connectivity index (χ1v) is 5.41. The third kappa shape index (κ3) is 2.17. The summed E-state index contributed by atoms with van der Waals surface area (Å²) < 4.78 is 0. The highest BCUT2D eigenvalue weighted by molar-refractivity contribution is 5.95. The van der Waals surface area contributed by atoms with E-state index in [0.717, 1.165) is 5.56 Å². The Balaban J connectivity index is 2.01. The van der Waals surface area contributed by atoms with Crippen LogP contribution >= 0.6 is 0 Å². The Morgan fingerprint density at radius 1 is 1.50 bits per heavy atom. The number of aliphatic hydroxyl groups is 1. The minimum atomic E-state index is -0.256. The van der Waals surface area contributed by atoms with Gasteiger partial charge in [-0.2, -0.15) is 0 Å². The zero-order valence-corrected chi connectivity index (χ0v) is 9.23. The van der Waals surface area contributed by atoms with E-state index in [1.54, 1.807) is 12.1 Å². The topological polar surface area (TPSA) is 75.3 Å². The molecule has 0 unspecified atom stereocenters. The SMILES string of the molecule is Cc1ccc(C(=O)NC2CC(O)C2)cc1N. The van der Waals surface area contributed by atoms with Crippen molar-refractivity contribution in [3.8, 4) is 0 Å². The van der Waals surface area contributed by atoms with Gasteiger partial charge in [-0.05, 0) is 37.5 Å². The molecule has 0 aromatic heterocycles. The highest BCUT2D eigenvalue weighted by Crippen LogP contribution is 2.20. The van der Waals surface area contributed by atoms with Crippen molar-refractivity contribution in [3.05, 3.63) is 29.3 Å². The fourth-order valence-electron chi connectivity index (χ4n) is 1.76. The molecule has 0 aliphatic heterocycles. The van der Waals surface area contributed by atoms with Crippen molar-refractivity contribution in [1.82, 2.24) is 5.32 Å². The maximum atomic E-state index is 11.8. The first-order chi connectivity index (χ1) is 7.56. The lowest BCUT2D eigenvalue weighted by Gasteiger charge is -2.31. The summed E-state index contributed by atoms with van der Waals surface area (Å²) in [6.07, 6.45) is 1.04. The van der Waals surface area contributed by atoms with Gasteiger partial charge in [0, 0.05) is 17.3 Å². The molecule has 1 fully saturated rings. The van der Waals surface area contributed by atoms with Gasteiger partial charge in [0.05, 0.1) is 6.10 Å². The molecule has 0 atom stereocenters. The number of nitrogens with one attached hydrogen (secondary N) is 1. The van der Waals surface area contributed by atoms with Crippen LogP contribution < -0.4 is 11.1 Å². The van der Waals surface area contributed by atoms with Gasteiger partial charge >= 0.3 is 0 Å². The molecule has 0 spiro atoms. The van der Waals surface area contributed by atoms with Crippen LogP contribution in [0.5, 0.6) is 0 Å². The first kappa shape index (κ1) is 11.0. The zero-order chi connectivity index (χ0) is 11.7. The fraction of sp³-hybridized carbons (Fsp3) is 0.417. The number of carbonyl (C=O) groups excluding carboxylic acids is 1. The second kappa shape index (κ2) is 4.14. The van der Waals surface area contributed by atoms with E-state index in [0.29, 0.717) is 24.1 Å². The number of nitrogens with two attached hydrogens (primary N) is 1. The highest BCUT2D eigenvalue weighted by Gasteiger charge is 2.28. The Labute approximate surface area is 94.5 Å². The molecule has 86 valence electrons. The number of carbonyl (C=O) groups is 1. The van der Waals surface area contributed by atoms with Crippen LogP contribution in [0.15, 0.2) is 18.2 Å². The van der Waals surface area contributed by atoms with Gasteiger partial charge in [-0.3, -0.25) is 4.79 Å². The Bertz CT molecular complexity index is 411. The quantitative estimate of drug-likeness (QED) is 0.646. The molecule has 0 bridgehead atoms. The van der Waals surface area contributed by atoms with Crippen LogP contribution in [0, 0.1) is 6.92 Å². The molecule has 4 nitrogen and oxygen atoms in total. The second-order valence-corrected chi connectivity index (χ2v) is 4.37. The van der Waals surface area contributed by atoms with Gasteiger partial charge in [0.2, 0.25) is 0 Å². The molecule has 0 saturated heterocycles. The average molecular weight is 220 g/mol. The summed E-state index contributed by atoms with van der Waals surface area (Å²) in [5.41, 5.74) is 7.91. The van der Waals surface area contributed by atoms with E-state index in [2.05, 4.69) is 5.32 Å². The fourth-order valence-corrected chi connectivity index (χ4v) is 1.76. The lowest BCUT2D eigenvalue weighted by atomic mass is 9.89. The number of aliphatic hydroxyl groups excluding tert-OH is 1. The zero-order valence-electron chi connectivity index (χ0n) is 9.23. The molecule has 2 rings (SSSR count). The molecule has 1 aromatic rings. The predicted octanol–water partition coefficient (Wildman–Crippen LogP) is 0.830. The minimum absolute atomic E-state index is 0.102. The summed E-state index contributed by atoms with van der Waals surface area (Å²) in [6, 6.07) is 5.38. The average Bonchev–Trinajstić information content (AvgIpc) is 2.19. The molecular weight excluding hydrogens is 204 g/mol. The molecule has 1 amide bonds. The molecule has 4 heteroatoms. The van der Waals surface area contributed by atoms with Crippen LogP contribution in [-0.2, 0) is 0 Å². The lowest BCUT2D eigenvalue weighted by Crippen LogP contribution is -2.46. The van der Waals surface area contributed by atoms with E-state index in [9.17, 15) is 4.79 Å². The summed E-state index contributed by atoms with van der Waals surface area (Å²) >= 11 is 0. The Morgan fingerprint density at radius 3 is 2.75 bits per heavy atom. The van der Waals surface area contributed by atoms with Crippen molar-refractivity contribution in [2.75, 3.05) is 5.73 Å². The minimum Gasteiger partial charge on any atom is -0.398 e. The summed E-state index contributed by atoms with van der Waals surface area (Å²) in [5.74, 6) is -0.122. The largest absolute Gasteiger partial charge is 0.398 e. The van der Waals surface area contributed by atoms with Crippen molar-refractivity contribution in [2.45, 2.75) is 31.9 Å². The van der Waals surface area contributed by atoms with Crippen molar-refractivity contribution in [3.63, 3.8) is 0 Å². The van der Waals surface area contributed by atoms with Crippen LogP contribution in [0.4, 0.5) is 5.69 Å². The molecule has 4 N–H and O–H groups in total. The molecular formula is C12H16N2O2. The molecule has 0 heterocycles. The lowest BCUT2D eigenvalue weighted by molar-refractivity contribution is 0.0562. The summed E-state index contributed by atoms with van der Waals surface area (Å²) in [4.78, 5) is 11.8. The normalized spacial score (nSPS) is 23.6. The van der Waals surface area contributed by atoms with Gasteiger partial charge in [-0.15, -0.1) is 0 Å². The first-order valence-electron chi connectivity index (χ1n) is 5.41. The van der Waals surface area contributed by atoms with Gasteiger partial charge in [-0.1, -0.05) is 6.07 Å². The molecule has 1 aliphatic rings. The predicted molar refractivity (Wildman–Crippen MR) is 62.1 cm³/mol. The molecule has 1 saturated carbocycles. The van der Waals surface area contributed by atoms with E-state index in [1.807, 2.05) is 13.0 Å². The maximum Gasteiger partial charge on any atom is 0.251 e. The van der Waals surface area contributed by atoms with Crippen molar-refractivity contribution in [1.29, 1.82) is 0 Å². The second-order valence-electron chi connectivity index (χ2n) is 4.37. The molecule has 1 aliphatic carbocycles. The summed E-state index contributed by atoms with van der Waals surface area (Å²) in [6.45, 7) is 1.90.